The van der Waals surface area contributed by atoms with Gasteiger partial charge in [-0.15, -0.1) is 0 Å². The summed E-state index contributed by atoms with van der Waals surface area (Å²) in [6, 6.07) is 19.9. The van der Waals surface area contributed by atoms with E-state index < -0.39 is 28.3 Å². The number of carbonyl (C=O) groups excluding carboxylic acids is 1. The molecule has 0 spiro atoms. The summed E-state index contributed by atoms with van der Waals surface area (Å²) in [6.07, 6.45) is 0. The van der Waals surface area contributed by atoms with Gasteiger partial charge < -0.3 is 5.32 Å². The number of hydrogen-bond acceptors (Lipinski definition) is 3. The third-order valence-corrected chi connectivity index (χ3v) is 6.10. The SMILES string of the molecule is O=C(CN(c1cccc(Br)c1)S(=O)(=O)c1ccccc1)Nc1cccc(F)c1. The van der Waals surface area contributed by atoms with Crippen LogP contribution in [0.2, 0.25) is 0 Å². The molecule has 0 saturated heterocycles. The minimum Gasteiger partial charge on any atom is -0.324 e. The molecular weight excluding hydrogens is 447 g/mol. The highest BCUT2D eigenvalue weighted by Gasteiger charge is 2.27. The molecule has 144 valence electrons. The van der Waals surface area contributed by atoms with Crippen molar-refractivity contribution in [2.45, 2.75) is 4.90 Å². The van der Waals surface area contributed by atoms with Gasteiger partial charge in [-0.25, -0.2) is 12.8 Å². The number of halogens is 2. The number of rotatable bonds is 6. The number of nitrogens with zero attached hydrogens (tertiary/aromatic N) is 1. The summed E-state index contributed by atoms with van der Waals surface area (Å²) in [5, 5.41) is 2.52. The van der Waals surface area contributed by atoms with Gasteiger partial charge in [-0.3, -0.25) is 9.10 Å². The Morgan fingerprint density at radius 2 is 1.68 bits per heavy atom. The summed E-state index contributed by atoms with van der Waals surface area (Å²) < 4.78 is 41.3. The third kappa shape index (κ3) is 4.76. The van der Waals surface area contributed by atoms with Crippen molar-refractivity contribution in [2.75, 3.05) is 16.2 Å². The van der Waals surface area contributed by atoms with Crippen LogP contribution in [0.1, 0.15) is 0 Å². The molecule has 0 saturated carbocycles. The van der Waals surface area contributed by atoms with Crippen molar-refractivity contribution < 1.29 is 17.6 Å². The molecular formula is C20H16BrFN2O3S. The zero-order valence-electron chi connectivity index (χ0n) is 14.5. The standard InChI is InChI=1S/C20H16BrFN2O3S/c21-15-6-4-9-18(12-15)24(28(26,27)19-10-2-1-3-11-19)14-20(25)23-17-8-5-7-16(22)13-17/h1-13H,14H2,(H,23,25). The summed E-state index contributed by atoms with van der Waals surface area (Å²) in [7, 11) is -3.99. The van der Waals surface area contributed by atoms with Crippen LogP contribution < -0.4 is 9.62 Å². The number of carbonyl (C=O) groups is 1. The van der Waals surface area contributed by atoms with Gasteiger partial charge in [-0.05, 0) is 48.5 Å². The molecule has 0 aliphatic rings. The topological polar surface area (TPSA) is 66.5 Å². The summed E-state index contributed by atoms with van der Waals surface area (Å²) >= 11 is 3.32. The van der Waals surface area contributed by atoms with Crippen molar-refractivity contribution in [2.24, 2.45) is 0 Å². The fourth-order valence-electron chi connectivity index (χ4n) is 2.56. The number of amides is 1. The Morgan fingerprint density at radius 1 is 0.964 bits per heavy atom. The predicted molar refractivity (Wildman–Crippen MR) is 110 cm³/mol. The van der Waals surface area contributed by atoms with E-state index in [4.69, 9.17) is 0 Å². The van der Waals surface area contributed by atoms with Crippen LogP contribution >= 0.6 is 15.9 Å². The van der Waals surface area contributed by atoms with Crippen molar-refractivity contribution in [1.82, 2.24) is 0 Å². The van der Waals surface area contributed by atoms with Gasteiger partial charge in [-0.2, -0.15) is 0 Å². The van der Waals surface area contributed by atoms with Gasteiger partial charge in [0.25, 0.3) is 10.0 Å². The van der Waals surface area contributed by atoms with E-state index in [2.05, 4.69) is 21.2 Å². The zero-order chi connectivity index (χ0) is 20.1. The molecule has 0 heterocycles. The molecule has 0 bridgehead atoms. The normalized spacial score (nSPS) is 11.1. The molecule has 1 amide bonds. The maximum absolute atomic E-state index is 13.3. The number of anilines is 2. The first kappa shape index (κ1) is 20.0. The smallest absolute Gasteiger partial charge is 0.264 e. The molecule has 5 nitrogen and oxygen atoms in total. The van der Waals surface area contributed by atoms with Crippen molar-refractivity contribution in [3.8, 4) is 0 Å². The quantitative estimate of drug-likeness (QED) is 0.589. The van der Waals surface area contributed by atoms with Crippen molar-refractivity contribution in [1.29, 1.82) is 0 Å². The number of nitrogens with one attached hydrogen (secondary N) is 1. The van der Waals surface area contributed by atoms with Crippen LogP contribution in [0.15, 0.2) is 88.2 Å². The van der Waals surface area contributed by atoms with Crippen LogP contribution in [0.4, 0.5) is 15.8 Å². The monoisotopic (exact) mass is 462 g/mol. The van der Waals surface area contributed by atoms with E-state index >= 15 is 0 Å². The summed E-state index contributed by atoms with van der Waals surface area (Å²) in [5.74, 6) is -1.09. The average molecular weight is 463 g/mol. The molecule has 0 radical (unpaired) electrons. The molecule has 0 fully saturated rings. The van der Waals surface area contributed by atoms with Gasteiger partial charge in [0.2, 0.25) is 5.91 Å². The Balaban J connectivity index is 1.94. The Kier molecular flexibility index (Phi) is 6.11. The second kappa shape index (κ2) is 8.53. The van der Waals surface area contributed by atoms with Gasteiger partial charge in [0.1, 0.15) is 12.4 Å². The highest BCUT2D eigenvalue weighted by atomic mass is 79.9. The third-order valence-electron chi connectivity index (χ3n) is 3.82. The number of sulfonamides is 1. The number of hydrogen-bond donors (Lipinski definition) is 1. The molecule has 3 aromatic rings. The first-order chi connectivity index (χ1) is 13.4. The fourth-order valence-corrected chi connectivity index (χ4v) is 4.38. The minimum absolute atomic E-state index is 0.0635. The first-order valence-corrected chi connectivity index (χ1v) is 10.5. The Hall–Kier alpha value is -2.71. The second-order valence-corrected chi connectivity index (χ2v) is 8.64. The first-order valence-electron chi connectivity index (χ1n) is 8.25. The van der Waals surface area contributed by atoms with E-state index in [-0.39, 0.29) is 10.6 Å². The lowest BCUT2D eigenvalue weighted by Gasteiger charge is -2.24. The fraction of sp³-hybridized carbons (Fsp3) is 0.0500. The number of benzene rings is 3. The van der Waals surface area contributed by atoms with Gasteiger partial charge in [0, 0.05) is 10.2 Å². The predicted octanol–water partition coefficient (Wildman–Crippen LogP) is 4.42. The highest BCUT2D eigenvalue weighted by molar-refractivity contribution is 9.10. The molecule has 0 aromatic heterocycles. The average Bonchev–Trinajstić information content (AvgIpc) is 2.67. The molecule has 3 rings (SSSR count). The Morgan fingerprint density at radius 3 is 2.36 bits per heavy atom. The van der Waals surface area contributed by atoms with Crippen LogP contribution in [0, 0.1) is 5.82 Å². The summed E-state index contributed by atoms with van der Waals surface area (Å²) in [6.45, 7) is -0.468. The van der Waals surface area contributed by atoms with Crippen molar-refractivity contribution in [3.63, 3.8) is 0 Å². The Bertz CT molecular complexity index is 1090. The summed E-state index contributed by atoms with van der Waals surface area (Å²) in [4.78, 5) is 12.6. The van der Waals surface area contributed by atoms with Crippen LogP contribution in [-0.2, 0) is 14.8 Å². The lowest BCUT2D eigenvalue weighted by molar-refractivity contribution is -0.114. The van der Waals surface area contributed by atoms with Crippen LogP contribution in [-0.4, -0.2) is 20.9 Å². The van der Waals surface area contributed by atoms with Crippen molar-refractivity contribution >= 4 is 43.2 Å². The van der Waals surface area contributed by atoms with Gasteiger partial charge in [0.15, 0.2) is 0 Å². The maximum atomic E-state index is 13.3. The molecule has 3 aromatic carbocycles. The van der Waals surface area contributed by atoms with Crippen LogP contribution in [0.25, 0.3) is 0 Å². The molecule has 0 aliphatic carbocycles. The molecule has 0 atom stereocenters. The largest absolute Gasteiger partial charge is 0.324 e. The molecule has 28 heavy (non-hydrogen) atoms. The van der Waals surface area contributed by atoms with E-state index in [0.717, 1.165) is 10.4 Å². The Labute approximate surface area is 171 Å². The maximum Gasteiger partial charge on any atom is 0.264 e. The lowest BCUT2D eigenvalue weighted by atomic mass is 10.3. The minimum atomic E-state index is -3.99. The van der Waals surface area contributed by atoms with Gasteiger partial charge in [-0.1, -0.05) is 46.3 Å². The van der Waals surface area contributed by atoms with E-state index in [1.165, 1.54) is 30.3 Å². The summed E-state index contributed by atoms with van der Waals surface area (Å²) in [5.41, 5.74) is 0.573. The van der Waals surface area contributed by atoms with Gasteiger partial charge in [0.05, 0.1) is 10.6 Å². The zero-order valence-corrected chi connectivity index (χ0v) is 17.0. The molecule has 8 heteroatoms. The van der Waals surface area contributed by atoms with E-state index in [1.54, 1.807) is 42.5 Å². The lowest BCUT2D eigenvalue weighted by Crippen LogP contribution is -2.38. The molecule has 0 unspecified atom stereocenters. The van der Waals surface area contributed by atoms with E-state index in [0.29, 0.717) is 10.2 Å². The highest BCUT2D eigenvalue weighted by Crippen LogP contribution is 2.26. The van der Waals surface area contributed by atoms with E-state index in [1.807, 2.05) is 0 Å². The second-order valence-electron chi connectivity index (χ2n) is 5.86. The van der Waals surface area contributed by atoms with Gasteiger partial charge >= 0.3 is 0 Å². The van der Waals surface area contributed by atoms with Crippen LogP contribution in [0.5, 0.6) is 0 Å². The molecule has 1 N–H and O–H groups in total. The molecule has 0 aliphatic heterocycles. The van der Waals surface area contributed by atoms with E-state index in [9.17, 15) is 17.6 Å². The van der Waals surface area contributed by atoms with Crippen molar-refractivity contribution in [3.05, 3.63) is 89.2 Å². The van der Waals surface area contributed by atoms with Crippen LogP contribution in [0.3, 0.4) is 0 Å².